The zero-order chi connectivity index (χ0) is 11.5. The Bertz CT molecular complexity index is 498. The predicted molar refractivity (Wildman–Crippen MR) is 57.2 cm³/mol. The molecule has 0 aromatic carbocycles. The summed E-state index contributed by atoms with van der Waals surface area (Å²) in [5, 5.41) is 0. The summed E-state index contributed by atoms with van der Waals surface area (Å²) in [6.07, 6.45) is -1.10. The van der Waals surface area contributed by atoms with Gasteiger partial charge in [-0.1, -0.05) is 6.07 Å². The van der Waals surface area contributed by atoms with Crippen molar-refractivity contribution in [3.63, 3.8) is 0 Å². The van der Waals surface area contributed by atoms with Crippen LogP contribution in [-0.4, -0.2) is 9.97 Å². The van der Waals surface area contributed by atoms with Crippen molar-refractivity contribution in [3.05, 3.63) is 47.8 Å². The van der Waals surface area contributed by atoms with Crippen LogP contribution in [-0.2, 0) is 0 Å². The third-order valence-electron chi connectivity index (χ3n) is 2.19. The lowest BCUT2D eigenvalue weighted by molar-refractivity contribution is 0.151. The molecule has 0 saturated carbocycles. The zero-order valence-electron chi connectivity index (χ0n) is 8.69. The van der Waals surface area contributed by atoms with Gasteiger partial charge in [-0.05, 0) is 31.2 Å². The molecular weight excluding hydrogens is 210 g/mol. The fourth-order valence-electron chi connectivity index (χ4n) is 1.41. The molecule has 2 nitrogen and oxygen atoms in total. The minimum absolute atomic E-state index is 0.0340. The highest BCUT2D eigenvalue weighted by atomic mass is 19.3. The number of rotatable bonds is 2. The quantitative estimate of drug-likeness (QED) is 0.775. The van der Waals surface area contributed by atoms with Crippen LogP contribution >= 0.6 is 0 Å². The molecule has 2 heterocycles. The van der Waals surface area contributed by atoms with E-state index in [4.69, 9.17) is 0 Å². The average molecular weight is 220 g/mol. The molecule has 2 rings (SSSR count). The van der Waals surface area contributed by atoms with Gasteiger partial charge in [0.05, 0.1) is 11.4 Å². The van der Waals surface area contributed by atoms with Crippen molar-refractivity contribution in [2.45, 2.75) is 13.3 Å². The van der Waals surface area contributed by atoms with Gasteiger partial charge >= 0.3 is 0 Å². The monoisotopic (exact) mass is 220 g/mol. The van der Waals surface area contributed by atoms with Crippen molar-refractivity contribution < 1.29 is 8.78 Å². The normalized spacial score (nSPS) is 10.8. The maximum absolute atomic E-state index is 12.5. The number of pyridine rings is 2. The molecule has 0 aliphatic carbocycles. The molecule has 2 aromatic heterocycles. The highest BCUT2D eigenvalue weighted by Gasteiger charge is 2.09. The molecule has 0 aliphatic rings. The van der Waals surface area contributed by atoms with Crippen LogP contribution < -0.4 is 0 Å². The molecule has 2 aromatic rings. The number of hydrogen-bond donors (Lipinski definition) is 0. The van der Waals surface area contributed by atoms with E-state index in [0.717, 1.165) is 5.69 Å². The first-order valence-electron chi connectivity index (χ1n) is 4.85. The van der Waals surface area contributed by atoms with E-state index in [1.807, 2.05) is 19.1 Å². The van der Waals surface area contributed by atoms with Crippen LogP contribution in [0.1, 0.15) is 17.7 Å². The smallest absolute Gasteiger partial charge is 0.255 e. The number of aromatic nitrogens is 2. The fraction of sp³-hybridized carbons (Fsp3) is 0.167. The lowest BCUT2D eigenvalue weighted by Crippen LogP contribution is -1.92. The summed E-state index contributed by atoms with van der Waals surface area (Å²) < 4.78 is 25.0. The minimum atomic E-state index is -2.48. The summed E-state index contributed by atoms with van der Waals surface area (Å²) in [7, 11) is 0. The first kappa shape index (κ1) is 10.7. The third kappa shape index (κ3) is 2.21. The number of nitrogens with zero attached hydrogens (tertiary/aromatic N) is 2. The summed E-state index contributed by atoms with van der Waals surface area (Å²) in [6.45, 7) is 1.85. The van der Waals surface area contributed by atoms with Crippen LogP contribution in [0.4, 0.5) is 8.78 Å². The third-order valence-corrected chi connectivity index (χ3v) is 2.19. The van der Waals surface area contributed by atoms with Gasteiger partial charge in [0.1, 0.15) is 0 Å². The number of alkyl halides is 2. The number of halogens is 2. The van der Waals surface area contributed by atoms with E-state index in [-0.39, 0.29) is 5.56 Å². The molecule has 0 fully saturated rings. The minimum Gasteiger partial charge on any atom is -0.255 e. The summed E-state index contributed by atoms with van der Waals surface area (Å²) in [5.74, 6) is 0. The molecule has 0 spiro atoms. The van der Waals surface area contributed by atoms with Crippen molar-refractivity contribution >= 4 is 0 Å². The molecule has 0 radical (unpaired) electrons. The van der Waals surface area contributed by atoms with Gasteiger partial charge in [-0.2, -0.15) is 0 Å². The van der Waals surface area contributed by atoms with Crippen LogP contribution in [0.25, 0.3) is 11.4 Å². The Morgan fingerprint density at radius 3 is 2.62 bits per heavy atom. The Morgan fingerprint density at radius 1 is 1.12 bits per heavy atom. The number of hydrogen-bond acceptors (Lipinski definition) is 2. The van der Waals surface area contributed by atoms with E-state index < -0.39 is 6.43 Å². The zero-order valence-corrected chi connectivity index (χ0v) is 8.69. The summed E-state index contributed by atoms with van der Waals surface area (Å²) in [4.78, 5) is 8.27. The lowest BCUT2D eigenvalue weighted by atomic mass is 10.2. The average Bonchev–Trinajstić information content (AvgIpc) is 2.29. The first-order chi connectivity index (χ1) is 7.66. The first-order valence-corrected chi connectivity index (χ1v) is 4.85. The maximum atomic E-state index is 12.5. The van der Waals surface area contributed by atoms with E-state index >= 15 is 0 Å². The van der Waals surface area contributed by atoms with E-state index in [9.17, 15) is 8.78 Å². The topological polar surface area (TPSA) is 25.8 Å². The second-order valence-electron chi connectivity index (χ2n) is 3.44. The highest BCUT2D eigenvalue weighted by molar-refractivity contribution is 5.54. The molecule has 0 N–H and O–H groups in total. The van der Waals surface area contributed by atoms with E-state index in [0.29, 0.717) is 11.4 Å². The second kappa shape index (κ2) is 4.35. The van der Waals surface area contributed by atoms with Crippen LogP contribution in [0.5, 0.6) is 0 Å². The summed E-state index contributed by atoms with van der Waals surface area (Å²) in [5.41, 5.74) is 1.89. The van der Waals surface area contributed by atoms with Crippen LogP contribution in [0.15, 0.2) is 36.5 Å². The van der Waals surface area contributed by atoms with Crippen LogP contribution in [0.2, 0.25) is 0 Å². The molecule has 0 atom stereocenters. The molecule has 0 saturated heterocycles. The Morgan fingerprint density at radius 2 is 1.94 bits per heavy atom. The summed E-state index contributed by atoms with van der Waals surface area (Å²) in [6, 6.07) is 8.11. The predicted octanol–water partition coefficient (Wildman–Crippen LogP) is 3.39. The molecule has 4 heteroatoms. The Labute approximate surface area is 92.0 Å². The van der Waals surface area contributed by atoms with Gasteiger partial charge in [0.2, 0.25) is 0 Å². The molecule has 82 valence electrons. The van der Waals surface area contributed by atoms with Gasteiger partial charge in [-0.25, -0.2) is 8.78 Å². The van der Waals surface area contributed by atoms with Crippen LogP contribution in [0.3, 0.4) is 0 Å². The molecular formula is C12H10F2N2. The largest absolute Gasteiger partial charge is 0.263 e. The molecule has 0 aliphatic heterocycles. The van der Waals surface area contributed by atoms with Crippen molar-refractivity contribution in [1.82, 2.24) is 9.97 Å². The number of aryl methyl sites for hydroxylation is 1. The molecule has 0 amide bonds. The standard InChI is InChI=1S/C12H10F2N2/c1-8-3-2-4-10(16-8)11-7-9(12(13)14)5-6-15-11/h2-7,12H,1H3. The van der Waals surface area contributed by atoms with Gasteiger partial charge < -0.3 is 0 Å². The second-order valence-corrected chi connectivity index (χ2v) is 3.44. The van der Waals surface area contributed by atoms with Crippen LogP contribution in [0, 0.1) is 6.92 Å². The Hall–Kier alpha value is -1.84. The van der Waals surface area contributed by atoms with Crippen molar-refractivity contribution in [1.29, 1.82) is 0 Å². The van der Waals surface area contributed by atoms with Gasteiger partial charge in [0.25, 0.3) is 6.43 Å². The van der Waals surface area contributed by atoms with Crippen molar-refractivity contribution in [2.75, 3.05) is 0 Å². The van der Waals surface area contributed by atoms with E-state index in [1.165, 1.54) is 18.3 Å². The van der Waals surface area contributed by atoms with Crippen molar-refractivity contribution in [2.24, 2.45) is 0 Å². The molecule has 16 heavy (non-hydrogen) atoms. The SMILES string of the molecule is Cc1cccc(-c2cc(C(F)F)ccn2)n1. The van der Waals surface area contributed by atoms with Gasteiger partial charge in [0.15, 0.2) is 0 Å². The Balaban J connectivity index is 2.44. The van der Waals surface area contributed by atoms with Gasteiger partial charge in [-0.3, -0.25) is 9.97 Å². The maximum Gasteiger partial charge on any atom is 0.263 e. The molecule has 0 bridgehead atoms. The van der Waals surface area contributed by atoms with E-state index in [1.54, 1.807) is 6.07 Å². The highest BCUT2D eigenvalue weighted by Crippen LogP contribution is 2.22. The Kier molecular flexibility index (Phi) is 2.90. The van der Waals surface area contributed by atoms with Gasteiger partial charge in [-0.15, -0.1) is 0 Å². The van der Waals surface area contributed by atoms with Gasteiger partial charge in [0, 0.05) is 17.5 Å². The lowest BCUT2D eigenvalue weighted by Gasteiger charge is -2.03. The molecule has 0 unspecified atom stereocenters. The van der Waals surface area contributed by atoms with E-state index in [2.05, 4.69) is 9.97 Å². The summed E-state index contributed by atoms with van der Waals surface area (Å²) >= 11 is 0. The van der Waals surface area contributed by atoms with Crippen molar-refractivity contribution in [3.8, 4) is 11.4 Å². The fourth-order valence-corrected chi connectivity index (χ4v) is 1.41.